The molecule has 1 aliphatic rings. The van der Waals surface area contributed by atoms with Crippen LogP contribution in [-0.2, 0) is 21.5 Å². The van der Waals surface area contributed by atoms with Gasteiger partial charge < -0.3 is 4.18 Å². The molecular weight excluding hydrogens is 492 g/mol. The first-order chi connectivity index (χ1) is 16.6. The molecule has 0 spiro atoms. The van der Waals surface area contributed by atoms with Gasteiger partial charge in [-0.3, -0.25) is 24.6 Å². The zero-order valence-corrected chi connectivity index (χ0v) is 19.9. The van der Waals surface area contributed by atoms with Crippen molar-refractivity contribution in [2.45, 2.75) is 18.4 Å². The van der Waals surface area contributed by atoms with Gasteiger partial charge >= 0.3 is 10.1 Å². The number of amides is 2. The number of imide groups is 1. The monoisotopic (exact) mass is 510 g/mol. The van der Waals surface area contributed by atoms with Crippen LogP contribution in [0, 0.1) is 17.0 Å². The van der Waals surface area contributed by atoms with Gasteiger partial charge in [0, 0.05) is 12.1 Å². The fourth-order valence-corrected chi connectivity index (χ4v) is 5.04. The quantitative estimate of drug-likeness (QED) is 0.190. The molecule has 0 radical (unpaired) electrons. The van der Waals surface area contributed by atoms with Gasteiger partial charge in [-0.05, 0) is 65.7 Å². The second-order valence-corrected chi connectivity index (χ2v) is 10.1. The lowest BCUT2D eigenvalue weighted by Crippen LogP contribution is -2.27. The number of aryl methyl sites for hydroxylation is 1. The van der Waals surface area contributed by atoms with Crippen molar-refractivity contribution in [3.63, 3.8) is 0 Å². The minimum atomic E-state index is -4.20. The number of nitro benzene ring substituents is 1. The van der Waals surface area contributed by atoms with Gasteiger partial charge in [0.2, 0.25) is 0 Å². The fraction of sp³-hybridized carbons (Fsp3) is 0.0833. The van der Waals surface area contributed by atoms with Crippen LogP contribution < -0.4 is 4.18 Å². The SMILES string of the molecule is Cc1ccccc1CN1C(=O)S/C(=C\c2ccc(OS(=O)(=O)c3ccc([N+](=O)[O-])cc3)cc2)C1=O. The van der Waals surface area contributed by atoms with Crippen molar-refractivity contribution in [2.24, 2.45) is 0 Å². The molecule has 0 atom stereocenters. The zero-order valence-electron chi connectivity index (χ0n) is 18.3. The Morgan fingerprint density at radius 1 is 1.00 bits per heavy atom. The third-order valence-electron chi connectivity index (χ3n) is 5.18. The molecule has 11 heteroatoms. The Hall–Kier alpha value is -3.96. The molecule has 0 aromatic heterocycles. The standard InChI is InChI=1S/C24H18N2O7S2/c1-16-4-2-3-5-18(16)15-25-23(27)22(34-24(25)28)14-17-6-10-20(11-7-17)33-35(31,32)21-12-8-19(9-13-21)26(29)30/h2-14H,15H2,1H3/b22-14-. The number of nitrogens with zero attached hydrogens (tertiary/aromatic N) is 2. The van der Waals surface area contributed by atoms with Gasteiger partial charge in [-0.25, -0.2) is 0 Å². The van der Waals surface area contributed by atoms with Gasteiger partial charge in [0.25, 0.3) is 16.8 Å². The topological polar surface area (TPSA) is 124 Å². The second-order valence-electron chi connectivity index (χ2n) is 7.55. The Labute approximate surface area is 205 Å². The number of benzene rings is 3. The number of nitro groups is 1. The van der Waals surface area contributed by atoms with Crippen LogP contribution in [0.25, 0.3) is 6.08 Å². The van der Waals surface area contributed by atoms with Gasteiger partial charge in [-0.15, -0.1) is 0 Å². The van der Waals surface area contributed by atoms with Crippen LogP contribution in [0.4, 0.5) is 10.5 Å². The van der Waals surface area contributed by atoms with Gasteiger partial charge in [0.05, 0.1) is 16.4 Å². The highest BCUT2D eigenvalue weighted by molar-refractivity contribution is 8.18. The number of hydrogen-bond acceptors (Lipinski definition) is 8. The van der Waals surface area contributed by atoms with E-state index in [1.807, 2.05) is 31.2 Å². The Morgan fingerprint density at radius 3 is 2.29 bits per heavy atom. The first-order valence-electron chi connectivity index (χ1n) is 10.2. The zero-order chi connectivity index (χ0) is 25.2. The molecule has 4 rings (SSSR count). The molecule has 1 fully saturated rings. The molecule has 0 saturated carbocycles. The molecule has 9 nitrogen and oxygen atoms in total. The average Bonchev–Trinajstić information content (AvgIpc) is 3.09. The first-order valence-corrected chi connectivity index (χ1v) is 12.5. The molecule has 0 unspecified atom stereocenters. The van der Waals surface area contributed by atoms with Gasteiger partial charge in [-0.1, -0.05) is 36.4 Å². The number of carbonyl (C=O) groups is 2. The number of rotatable bonds is 7. The van der Waals surface area contributed by atoms with Crippen LogP contribution in [0.15, 0.2) is 82.6 Å². The minimum Gasteiger partial charge on any atom is -0.379 e. The van der Waals surface area contributed by atoms with E-state index in [1.165, 1.54) is 17.0 Å². The summed E-state index contributed by atoms with van der Waals surface area (Å²) in [4.78, 5) is 36.5. The molecule has 1 saturated heterocycles. The third kappa shape index (κ3) is 5.42. The second kappa shape index (κ2) is 9.72. The lowest BCUT2D eigenvalue weighted by molar-refractivity contribution is -0.384. The highest BCUT2D eigenvalue weighted by Crippen LogP contribution is 2.34. The maximum absolute atomic E-state index is 12.8. The summed E-state index contributed by atoms with van der Waals surface area (Å²) in [6.45, 7) is 2.09. The first kappa shape index (κ1) is 24.2. The van der Waals surface area contributed by atoms with E-state index in [-0.39, 0.29) is 33.0 Å². The number of non-ortho nitro benzene ring substituents is 1. The van der Waals surface area contributed by atoms with E-state index in [9.17, 15) is 28.1 Å². The molecule has 0 bridgehead atoms. The lowest BCUT2D eigenvalue weighted by Gasteiger charge is -2.14. The lowest BCUT2D eigenvalue weighted by atomic mass is 10.1. The highest BCUT2D eigenvalue weighted by Gasteiger charge is 2.35. The largest absolute Gasteiger partial charge is 0.379 e. The van der Waals surface area contributed by atoms with Gasteiger partial charge in [-0.2, -0.15) is 8.42 Å². The summed E-state index contributed by atoms with van der Waals surface area (Å²) in [5.41, 5.74) is 2.20. The van der Waals surface area contributed by atoms with E-state index in [0.717, 1.165) is 47.2 Å². The number of thioether (sulfide) groups is 1. The van der Waals surface area contributed by atoms with E-state index < -0.39 is 20.9 Å². The molecular formula is C24H18N2O7S2. The molecule has 1 aliphatic heterocycles. The van der Waals surface area contributed by atoms with E-state index in [1.54, 1.807) is 18.2 Å². The summed E-state index contributed by atoms with van der Waals surface area (Å²) < 4.78 is 30.0. The van der Waals surface area contributed by atoms with Crippen molar-refractivity contribution < 1.29 is 27.1 Å². The van der Waals surface area contributed by atoms with Crippen molar-refractivity contribution in [1.29, 1.82) is 0 Å². The van der Waals surface area contributed by atoms with E-state index >= 15 is 0 Å². The van der Waals surface area contributed by atoms with Crippen LogP contribution in [0.1, 0.15) is 16.7 Å². The van der Waals surface area contributed by atoms with Gasteiger partial charge in [0.1, 0.15) is 10.6 Å². The molecule has 35 heavy (non-hydrogen) atoms. The highest BCUT2D eigenvalue weighted by atomic mass is 32.2. The third-order valence-corrected chi connectivity index (χ3v) is 7.35. The average molecular weight is 511 g/mol. The van der Waals surface area contributed by atoms with Crippen molar-refractivity contribution >= 4 is 44.8 Å². The van der Waals surface area contributed by atoms with Crippen LogP contribution in [-0.4, -0.2) is 29.4 Å². The smallest absolute Gasteiger partial charge is 0.339 e. The fourth-order valence-electron chi connectivity index (χ4n) is 3.27. The predicted molar refractivity (Wildman–Crippen MR) is 130 cm³/mol. The Morgan fingerprint density at radius 2 is 1.66 bits per heavy atom. The Kier molecular flexibility index (Phi) is 6.72. The predicted octanol–water partition coefficient (Wildman–Crippen LogP) is 4.91. The molecule has 0 aliphatic carbocycles. The molecule has 2 amide bonds. The van der Waals surface area contributed by atoms with Crippen LogP contribution in [0.5, 0.6) is 5.75 Å². The molecule has 1 heterocycles. The van der Waals surface area contributed by atoms with E-state index in [0.29, 0.717) is 5.56 Å². The summed E-state index contributed by atoms with van der Waals surface area (Å²) in [6.07, 6.45) is 1.55. The van der Waals surface area contributed by atoms with Crippen molar-refractivity contribution in [3.05, 3.63) is 105 Å². The van der Waals surface area contributed by atoms with Crippen molar-refractivity contribution in [3.8, 4) is 5.75 Å². The summed E-state index contributed by atoms with van der Waals surface area (Å²) in [5.74, 6) is -0.377. The maximum Gasteiger partial charge on any atom is 0.339 e. The Bertz CT molecular complexity index is 1450. The Balaban J connectivity index is 1.46. The summed E-state index contributed by atoms with van der Waals surface area (Å²) >= 11 is 0.840. The molecule has 178 valence electrons. The number of carbonyl (C=O) groups excluding carboxylic acids is 2. The summed E-state index contributed by atoms with van der Waals surface area (Å²) in [7, 11) is -4.20. The van der Waals surface area contributed by atoms with Gasteiger partial charge in [0.15, 0.2) is 0 Å². The summed E-state index contributed by atoms with van der Waals surface area (Å²) in [6, 6.07) is 17.8. The van der Waals surface area contributed by atoms with E-state index in [4.69, 9.17) is 4.18 Å². The number of hydrogen-bond donors (Lipinski definition) is 0. The van der Waals surface area contributed by atoms with Crippen LogP contribution >= 0.6 is 11.8 Å². The maximum atomic E-state index is 12.8. The van der Waals surface area contributed by atoms with Crippen LogP contribution in [0.2, 0.25) is 0 Å². The molecule has 3 aromatic carbocycles. The normalized spacial score (nSPS) is 15.0. The molecule has 3 aromatic rings. The minimum absolute atomic E-state index is 0.0214. The summed E-state index contributed by atoms with van der Waals surface area (Å²) in [5, 5.41) is 10.4. The van der Waals surface area contributed by atoms with Crippen molar-refractivity contribution in [1.82, 2.24) is 4.90 Å². The van der Waals surface area contributed by atoms with Crippen molar-refractivity contribution in [2.75, 3.05) is 0 Å². The van der Waals surface area contributed by atoms with E-state index in [2.05, 4.69) is 0 Å². The van der Waals surface area contributed by atoms with Crippen LogP contribution in [0.3, 0.4) is 0 Å². The molecule has 0 N–H and O–H groups in total.